The second kappa shape index (κ2) is 11.6. The number of anilines is 4. The molecule has 10 heteroatoms. The summed E-state index contributed by atoms with van der Waals surface area (Å²) in [6.07, 6.45) is 3.66. The minimum atomic E-state index is -0.346. The summed E-state index contributed by atoms with van der Waals surface area (Å²) in [6, 6.07) is 22.5. The van der Waals surface area contributed by atoms with E-state index in [4.69, 9.17) is 5.73 Å². The highest BCUT2D eigenvalue weighted by atomic mass is 16.3. The normalized spacial score (nSPS) is 11.3. The smallest absolute Gasteiger partial charge is 0.255 e. The van der Waals surface area contributed by atoms with Crippen LogP contribution in [0.2, 0.25) is 0 Å². The van der Waals surface area contributed by atoms with Crippen molar-refractivity contribution in [3.63, 3.8) is 0 Å². The third-order valence-corrected chi connectivity index (χ3v) is 6.60. The molecule has 5 rings (SSSR count). The van der Waals surface area contributed by atoms with Crippen molar-refractivity contribution in [3.05, 3.63) is 107 Å². The predicted octanol–water partition coefficient (Wildman–Crippen LogP) is 5.15. The molecule has 0 unspecified atom stereocenters. The Balaban J connectivity index is 1.36. The minimum absolute atomic E-state index is 0.0163. The average molecular weight is 549 g/mol. The van der Waals surface area contributed by atoms with E-state index in [-0.39, 0.29) is 35.7 Å². The van der Waals surface area contributed by atoms with E-state index >= 15 is 0 Å². The molecule has 5 aromatic rings. The van der Waals surface area contributed by atoms with Gasteiger partial charge >= 0.3 is 0 Å². The highest BCUT2D eigenvalue weighted by Gasteiger charge is 2.18. The highest BCUT2D eigenvalue weighted by molar-refractivity contribution is 6.05. The molecule has 0 bridgehead atoms. The zero-order chi connectivity index (χ0) is 29.0. The minimum Gasteiger partial charge on any atom is -0.392 e. The molecular weight excluding hydrogens is 516 g/mol. The number of benzene rings is 3. The molecule has 0 spiro atoms. The summed E-state index contributed by atoms with van der Waals surface area (Å²) >= 11 is 0. The number of hydrogen-bond donors (Lipinski definition) is 4. The molecule has 0 atom stereocenters. The molecule has 0 saturated heterocycles. The maximum absolute atomic E-state index is 13.0. The molecule has 0 radical (unpaired) electrons. The number of nitrogens with two attached hydrogens (primary N) is 1. The van der Waals surface area contributed by atoms with Crippen molar-refractivity contribution in [2.75, 3.05) is 16.4 Å². The molecule has 208 valence electrons. The first-order valence-corrected chi connectivity index (χ1v) is 13.2. The summed E-state index contributed by atoms with van der Waals surface area (Å²) in [4.78, 5) is 26.1. The van der Waals surface area contributed by atoms with E-state index < -0.39 is 0 Å². The average Bonchev–Trinajstić information content (AvgIpc) is 3.46. The molecule has 0 aliphatic heterocycles. The molecule has 0 saturated carbocycles. The van der Waals surface area contributed by atoms with Crippen LogP contribution in [0.5, 0.6) is 0 Å². The first kappa shape index (κ1) is 27.5. The Kier molecular flexibility index (Phi) is 7.75. The third kappa shape index (κ3) is 6.56. The van der Waals surface area contributed by atoms with Crippen LogP contribution in [0, 0.1) is 0 Å². The number of hydrogen-bond acceptors (Lipinski definition) is 8. The van der Waals surface area contributed by atoms with Gasteiger partial charge in [-0.25, -0.2) is 0 Å². The maximum atomic E-state index is 13.0. The van der Waals surface area contributed by atoms with E-state index in [2.05, 4.69) is 51.5 Å². The van der Waals surface area contributed by atoms with Crippen molar-refractivity contribution >= 4 is 29.2 Å². The van der Waals surface area contributed by atoms with Gasteiger partial charge < -0.3 is 21.5 Å². The van der Waals surface area contributed by atoms with E-state index in [1.54, 1.807) is 36.5 Å². The molecule has 0 aliphatic rings. The molecule has 3 aromatic carbocycles. The third-order valence-electron chi connectivity index (χ3n) is 6.60. The van der Waals surface area contributed by atoms with E-state index in [1.165, 1.54) is 0 Å². The maximum Gasteiger partial charge on any atom is 0.255 e. The van der Waals surface area contributed by atoms with Crippen molar-refractivity contribution in [1.29, 1.82) is 0 Å². The fourth-order valence-electron chi connectivity index (χ4n) is 4.37. The SMILES string of the molecule is CC(C)(C)c1ccc(C(=O)Nc2cccc(-c3nc(N)nc(Nc4ccc(Cn5cccn5)cc4)n3)c2CO)cc1. The van der Waals surface area contributed by atoms with Crippen LogP contribution in [0.25, 0.3) is 11.4 Å². The van der Waals surface area contributed by atoms with Crippen molar-refractivity contribution in [2.24, 2.45) is 0 Å². The van der Waals surface area contributed by atoms with Gasteiger partial charge in [0.2, 0.25) is 11.9 Å². The molecule has 0 fully saturated rings. The molecule has 5 N–H and O–H groups in total. The Labute approximate surface area is 238 Å². The lowest BCUT2D eigenvalue weighted by atomic mass is 9.86. The lowest BCUT2D eigenvalue weighted by Gasteiger charge is -2.19. The molecule has 2 heterocycles. The quantitative estimate of drug-likeness (QED) is 0.208. The van der Waals surface area contributed by atoms with Gasteiger partial charge in [0.1, 0.15) is 0 Å². The van der Waals surface area contributed by atoms with Gasteiger partial charge in [-0.05, 0) is 52.9 Å². The number of carbonyl (C=O) groups is 1. The Morgan fingerprint density at radius 2 is 1.71 bits per heavy atom. The summed E-state index contributed by atoms with van der Waals surface area (Å²) in [6.45, 7) is 6.68. The van der Waals surface area contributed by atoms with Crippen molar-refractivity contribution in [3.8, 4) is 11.4 Å². The van der Waals surface area contributed by atoms with Gasteiger partial charge in [0.05, 0.1) is 13.2 Å². The number of aliphatic hydroxyl groups excluding tert-OH is 1. The zero-order valence-electron chi connectivity index (χ0n) is 23.2. The van der Waals surface area contributed by atoms with E-state index in [9.17, 15) is 9.90 Å². The van der Waals surface area contributed by atoms with Crippen LogP contribution in [0.4, 0.5) is 23.3 Å². The largest absolute Gasteiger partial charge is 0.392 e. The number of nitrogens with one attached hydrogen (secondary N) is 2. The number of aliphatic hydroxyl groups is 1. The summed E-state index contributed by atoms with van der Waals surface area (Å²) in [7, 11) is 0. The van der Waals surface area contributed by atoms with Gasteiger partial charge in [-0.15, -0.1) is 0 Å². The van der Waals surface area contributed by atoms with Crippen LogP contribution in [-0.2, 0) is 18.6 Å². The van der Waals surface area contributed by atoms with Crippen molar-refractivity contribution < 1.29 is 9.90 Å². The molecule has 1 amide bonds. The van der Waals surface area contributed by atoms with E-state index in [0.717, 1.165) is 16.8 Å². The Bertz CT molecular complexity index is 1640. The first-order chi connectivity index (χ1) is 19.7. The summed E-state index contributed by atoms with van der Waals surface area (Å²) in [5.41, 5.74) is 11.0. The predicted molar refractivity (Wildman–Crippen MR) is 160 cm³/mol. The van der Waals surface area contributed by atoms with Crippen LogP contribution >= 0.6 is 0 Å². The van der Waals surface area contributed by atoms with E-state index in [1.807, 2.05) is 53.3 Å². The molecule has 2 aromatic heterocycles. The number of amides is 1. The van der Waals surface area contributed by atoms with Gasteiger partial charge in [-0.3, -0.25) is 9.48 Å². The number of nitrogens with zero attached hydrogens (tertiary/aromatic N) is 5. The van der Waals surface area contributed by atoms with Crippen LogP contribution in [0.15, 0.2) is 85.2 Å². The van der Waals surface area contributed by atoms with Crippen LogP contribution in [-0.4, -0.2) is 35.7 Å². The van der Waals surface area contributed by atoms with Gasteiger partial charge in [-0.2, -0.15) is 20.1 Å². The molecule has 0 aliphatic carbocycles. The van der Waals surface area contributed by atoms with Gasteiger partial charge in [0, 0.05) is 40.5 Å². The number of nitrogen functional groups attached to an aromatic ring is 1. The van der Waals surface area contributed by atoms with Crippen molar-refractivity contribution in [1.82, 2.24) is 24.7 Å². The number of carbonyl (C=O) groups excluding carboxylic acids is 1. The monoisotopic (exact) mass is 548 g/mol. The Hall–Kier alpha value is -5.09. The Morgan fingerprint density at radius 1 is 0.951 bits per heavy atom. The summed E-state index contributed by atoms with van der Waals surface area (Å²) in [5, 5.41) is 20.6. The summed E-state index contributed by atoms with van der Waals surface area (Å²) in [5.74, 6) is 0.255. The Morgan fingerprint density at radius 3 is 2.37 bits per heavy atom. The van der Waals surface area contributed by atoms with Crippen LogP contribution in [0.1, 0.15) is 47.8 Å². The van der Waals surface area contributed by atoms with Crippen molar-refractivity contribution in [2.45, 2.75) is 39.3 Å². The first-order valence-electron chi connectivity index (χ1n) is 13.2. The molecular formula is C31H32N8O2. The lowest BCUT2D eigenvalue weighted by molar-refractivity contribution is 0.102. The number of aromatic nitrogens is 5. The zero-order valence-corrected chi connectivity index (χ0v) is 23.2. The van der Waals surface area contributed by atoms with Gasteiger partial charge in [-0.1, -0.05) is 57.2 Å². The van der Waals surface area contributed by atoms with Crippen LogP contribution < -0.4 is 16.4 Å². The standard InChI is InChI=1S/C31H32N8O2/c1-31(2,3)22-12-10-21(11-13-22)28(41)35-26-7-4-6-24(25(26)19-40)27-36-29(32)38-30(37-27)34-23-14-8-20(9-15-23)18-39-17-5-16-33-39/h4-17,40H,18-19H2,1-3H3,(H,35,41)(H3,32,34,36,37,38). The topological polar surface area (TPSA) is 144 Å². The van der Waals surface area contributed by atoms with Crippen LogP contribution in [0.3, 0.4) is 0 Å². The lowest BCUT2D eigenvalue weighted by Crippen LogP contribution is -2.15. The fourth-order valence-corrected chi connectivity index (χ4v) is 4.37. The summed E-state index contributed by atoms with van der Waals surface area (Å²) < 4.78 is 1.85. The second-order valence-electron chi connectivity index (χ2n) is 10.6. The van der Waals surface area contributed by atoms with Gasteiger partial charge in [0.25, 0.3) is 5.91 Å². The van der Waals surface area contributed by atoms with Gasteiger partial charge in [0.15, 0.2) is 5.82 Å². The number of rotatable bonds is 8. The molecule has 10 nitrogen and oxygen atoms in total. The molecule has 41 heavy (non-hydrogen) atoms. The second-order valence-corrected chi connectivity index (χ2v) is 10.6. The fraction of sp³-hybridized carbons (Fsp3) is 0.194. The van der Waals surface area contributed by atoms with E-state index in [0.29, 0.717) is 28.9 Å². The highest BCUT2D eigenvalue weighted by Crippen LogP contribution is 2.29.